The van der Waals surface area contributed by atoms with Crippen molar-refractivity contribution in [3.8, 4) is 0 Å². The smallest absolute Gasteiger partial charge is 0.353 e. The van der Waals surface area contributed by atoms with Crippen molar-refractivity contribution in [3.63, 3.8) is 0 Å². The summed E-state index contributed by atoms with van der Waals surface area (Å²) in [7, 11) is -3.77. The minimum absolute atomic E-state index is 0.107. The summed E-state index contributed by atoms with van der Waals surface area (Å²) >= 11 is 0. The number of benzene rings is 1. The largest absolute Gasteiger partial charge is 0.399 e. The van der Waals surface area contributed by atoms with Gasteiger partial charge in [-0.3, -0.25) is 0 Å². The first-order chi connectivity index (χ1) is 6.38. The molecule has 0 aliphatic rings. The average Bonchev–Trinajstić information content (AvgIpc) is 2.01. The molecule has 0 fully saturated rings. The van der Waals surface area contributed by atoms with Crippen molar-refractivity contribution >= 4 is 21.8 Å². The van der Waals surface area contributed by atoms with E-state index in [1.54, 1.807) is 6.07 Å². The average molecular weight is 215 g/mol. The molecule has 1 aromatic rings. The predicted molar refractivity (Wildman–Crippen MR) is 51.1 cm³/mol. The molecule has 0 aliphatic carbocycles. The number of nitrogens with two attached hydrogens (primary N) is 1. The lowest BCUT2D eigenvalue weighted by Gasteiger charge is -2.01. The topological polar surface area (TPSA) is 86.5 Å². The molecule has 2 N–H and O–H groups in total. The van der Waals surface area contributed by atoms with Crippen molar-refractivity contribution in [3.05, 3.63) is 29.8 Å². The summed E-state index contributed by atoms with van der Waals surface area (Å²) in [4.78, 5) is 11.2. The second-order valence-corrected chi connectivity index (χ2v) is 4.28. The Morgan fingerprint density at radius 3 is 2.57 bits per heavy atom. The molecular weight excluding hydrogens is 206 g/mol. The fourth-order valence-corrected chi connectivity index (χ4v) is 1.22. The Labute approximate surface area is 81.6 Å². The second-order valence-electron chi connectivity index (χ2n) is 2.70. The summed E-state index contributed by atoms with van der Waals surface area (Å²) < 4.78 is 25.4. The van der Waals surface area contributed by atoms with E-state index in [9.17, 15) is 13.2 Å². The van der Waals surface area contributed by atoms with E-state index in [1.807, 2.05) is 0 Å². The van der Waals surface area contributed by atoms with Gasteiger partial charge in [0.1, 0.15) is 0 Å². The van der Waals surface area contributed by atoms with E-state index >= 15 is 0 Å². The Hall–Kier alpha value is -1.56. The first kappa shape index (κ1) is 10.5. The summed E-state index contributed by atoms with van der Waals surface area (Å²) in [5.41, 5.74) is 5.88. The van der Waals surface area contributed by atoms with Gasteiger partial charge in [-0.2, -0.15) is 8.42 Å². The molecule has 0 aliphatic heterocycles. The normalized spacial score (nSPS) is 10.9. The van der Waals surface area contributed by atoms with Gasteiger partial charge < -0.3 is 9.92 Å². The molecule has 0 radical (unpaired) electrons. The molecule has 0 amide bonds. The van der Waals surface area contributed by atoms with Crippen LogP contribution in [-0.2, 0) is 14.3 Å². The number of rotatable bonds is 2. The van der Waals surface area contributed by atoms with Gasteiger partial charge >= 0.3 is 16.1 Å². The van der Waals surface area contributed by atoms with Gasteiger partial charge in [0.05, 0.1) is 11.8 Å². The first-order valence-corrected chi connectivity index (χ1v) is 5.49. The Balaban J connectivity index is 2.91. The van der Waals surface area contributed by atoms with Crippen molar-refractivity contribution in [1.29, 1.82) is 0 Å². The Kier molecular flexibility index (Phi) is 2.76. The zero-order valence-corrected chi connectivity index (χ0v) is 8.24. The van der Waals surface area contributed by atoms with Crippen molar-refractivity contribution < 1.29 is 17.4 Å². The maximum atomic E-state index is 11.2. The number of hydrogen-bond donors (Lipinski definition) is 1. The number of carbonyl (C=O) groups is 1. The summed E-state index contributed by atoms with van der Waals surface area (Å²) in [5, 5.41) is 0. The van der Waals surface area contributed by atoms with Crippen LogP contribution in [0.2, 0.25) is 0 Å². The molecule has 1 rings (SSSR count). The third-order valence-electron chi connectivity index (χ3n) is 1.35. The fourth-order valence-electron chi connectivity index (χ4n) is 0.851. The predicted octanol–water partition coefficient (Wildman–Crippen LogP) is 0.385. The fraction of sp³-hybridized carbons (Fsp3) is 0.125. The Morgan fingerprint density at radius 2 is 2.07 bits per heavy atom. The van der Waals surface area contributed by atoms with Crippen LogP contribution in [0.3, 0.4) is 0 Å². The van der Waals surface area contributed by atoms with Crippen LogP contribution < -0.4 is 5.73 Å². The molecule has 0 bridgehead atoms. The van der Waals surface area contributed by atoms with Gasteiger partial charge in [0.2, 0.25) is 0 Å². The standard InChI is InChI=1S/C8H9NO4S/c1-14(11,12)13-8(10)6-3-2-4-7(9)5-6/h2-5H,9H2,1H3. The van der Waals surface area contributed by atoms with Crippen LogP contribution in [0.25, 0.3) is 0 Å². The highest BCUT2D eigenvalue weighted by Gasteiger charge is 2.13. The molecule has 0 unspecified atom stereocenters. The van der Waals surface area contributed by atoms with Crippen molar-refractivity contribution in [2.75, 3.05) is 12.0 Å². The third kappa shape index (κ3) is 3.06. The molecule has 0 aromatic heterocycles. The number of nitrogen functional groups attached to an aromatic ring is 1. The summed E-state index contributed by atoms with van der Waals surface area (Å²) in [6, 6.07) is 5.88. The SMILES string of the molecule is CS(=O)(=O)OC(=O)c1cccc(N)c1. The lowest BCUT2D eigenvalue weighted by Crippen LogP contribution is -2.11. The second kappa shape index (κ2) is 3.67. The van der Waals surface area contributed by atoms with E-state index in [1.165, 1.54) is 18.2 Å². The maximum absolute atomic E-state index is 11.2. The molecule has 1 aromatic carbocycles. The zero-order valence-electron chi connectivity index (χ0n) is 7.43. The van der Waals surface area contributed by atoms with E-state index in [0.717, 1.165) is 6.26 Å². The van der Waals surface area contributed by atoms with Gasteiger partial charge in [-0.05, 0) is 18.2 Å². The highest BCUT2D eigenvalue weighted by atomic mass is 32.2. The van der Waals surface area contributed by atoms with Gasteiger partial charge in [-0.1, -0.05) is 6.07 Å². The zero-order chi connectivity index (χ0) is 10.8. The van der Waals surface area contributed by atoms with Crippen LogP contribution in [0, 0.1) is 0 Å². The molecule has 0 heterocycles. The van der Waals surface area contributed by atoms with Crippen LogP contribution in [-0.4, -0.2) is 20.6 Å². The minimum Gasteiger partial charge on any atom is -0.399 e. The van der Waals surface area contributed by atoms with E-state index in [0.29, 0.717) is 5.69 Å². The molecule has 0 saturated carbocycles. The number of carbonyl (C=O) groups excluding carboxylic acids is 1. The highest BCUT2D eigenvalue weighted by Crippen LogP contribution is 2.08. The number of hydrogen-bond acceptors (Lipinski definition) is 5. The van der Waals surface area contributed by atoms with E-state index < -0.39 is 16.1 Å². The van der Waals surface area contributed by atoms with Crippen molar-refractivity contribution in [1.82, 2.24) is 0 Å². The molecule has 76 valence electrons. The third-order valence-corrected chi connectivity index (χ3v) is 1.80. The van der Waals surface area contributed by atoms with E-state index in [2.05, 4.69) is 4.18 Å². The summed E-state index contributed by atoms with van der Waals surface area (Å²) in [5.74, 6) is -0.931. The van der Waals surface area contributed by atoms with Crippen LogP contribution in [0.1, 0.15) is 10.4 Å². The molecule has 0 atom stereocenters. The summed E-state index contributed by atoms with van der Waals surface area (Å²) in [6.07, 6.45) is 0.803. The van der Waals surface area contributed by atoms with Crippen molar-refractivity contribution in [2.45, 2.75) is 0 Å². The Bertz CT molecular complexity index is 452. The van der Waals surface area contributed by atoms with Gasteiger partial charge in [0, 0.05) is 5.69 Å². The number of anilines is 1. The lowest BCUT2D eigenvalue weighted by molar-refractivity contribution is 0.0748. The molecule has 0 saturated heterocycles. The van der Waals surface area contributed by atoms with Gasteiger partial charge in [-0.25, -0.2) is 4.79 Å². The molecule has 14 heavy (non-hydrogen) atoms. The van der Waals surface area contributed by atoms with E-state index in [-0.39, 0.29) is 5.56 Å². The molecular formula is C8H9NO4S. The lowest BCUT2D eigenvalue weighted by atomic mass is 10.2. The monoisotopic (exact) mass is 215 g/mol. The maximum Gasteiger partial charge on any atom is 0.353 e. The molecule has 5 nitrogen and oxygen atoms in total. The highest BCUT2D eigenvalue weighted by molar-refractivity contribution is 7.86. The Morgan fingerprint density at radius 1 is 1.43 bits per heavy atom. The van der Waals surface area contributed by atoms with Gasteiger partial charge in [0.25, 0.3) is 0 Å². The van der Waals surface area contributed by atoms with E-state index in [4.69, 9.17) is 5.73 Å². The molecule has 0 spiro atoms. The summed E-state index contributed by atoms with van der Waals surface area (Å²) in [6.45, 7) is 0. The molecule has 6 heteroatoms. The minimum atomic E-state index is -3.77. The van der Waals surface area contributed by atoms with Gasteiger partial charge in [0.15, 0.2) is 0 Å². The van der Waals surface area contributed by atoms with Crippen LogP contribution in [0.4, 0.5) is 5.69 Å². The van der Waals surface area contributed by atoms with Gasteiger partial charge in [-0.15, -0.1) is 0 Å². The quantitative estimate of drug-likeness (QED) is 0.569. The first-order valence-electron chi connectivity index (χ1n) is 3.68. The van der Waals surface area contributed by atoms with Crippen molar-refractivity contribution in [2.24, 2.45) is 0 Å². The van der Waals surface area contributed by atoms with Crippen LogP contribution >= 0.6 is 0 Å². The van der Waals surface area contributed by atoms with Crippen LogP contribution in [0.15, 0.2) is 24.3 Å². The van der Waals surface area contributed by atoms with Crippen LogP contribution in [0.5, 0.6) is 0 Å².